The summed E-state index contributed by atoms with van der Waals surface area (Å²) in [6.07, 6.45) is 2.44. The molecule has 6 nitrogen and oxygen atoms in total. The third-order valence-corrected chi connectivity index (χ3v) is 3.32. The van der Waals surface area contributed by atoms with Crippen molar-refractivity contribution >= 4 is 17.9 Å². The second kappa shape index (κ2) is 9.78. The zero-order chi connectivity index (χ0) is 18.8. The van der Waals surface area contributed by atoms with Gasteiger partial charge in [0.2, 0.25) is 0 Å². The molecule has 134 valence electrons. The SMILES string of the molecule is COC(=O)/C=C/CC(C(=O)Oc1ccccc1)C(=O)Oc1ccccc1. The number of carbonyl (C=O) groups excluding carboxylic acids is 3. The predicted octanol–water partition coefficient (Wildman–Crippen LogP) is 2.93. The molecule has 2 aromatic rings. The maximum atomic E-state index is 12.4. The van der Waals surface area contributed by atoms with Crippen LogP contribution in [0.4, 0.5) is 0 Å². The van der Waals surface area contributed by atoms with Gasteiger partial charge in [0.1, 0.15) is 11.5 Å². The fraction of sp³-hybridized carbons (Fsp3) is 0.150. The van der Waals surface area contributed by atoms with Gasteiger partial charge < -0.3 is 14.2 Å². The number of ether oxygens (including phenoxy) is 3. The summed E-state index contributed by atoms with van der Waals surface area (Å²) in [5, 5.41) is 0. The quantitative estimate of drug-likeness (QED) is 0.329. The summed E-state index contributed by atoms with van der Waals surface area (Å²) < 4.78 is 14.9. The van der Waals surface area contributed by atoms with Crippen LogP contribution in [0.25, 0.3) is 0 Å². The Labute approximate surface area is 151 Å². The molecular weight excluding hydrogens is 336 g/mol. The number of methoxy groups -OCH3 is 1. The van der Waals surface area contributed by atoms with E-state index in [0.717, 1.165) is 6.08 Å². The number of carbonyl (C=O) groups is 3. The third-order valence-electron chi connectivity index (χ3n) is 3.32. The van der Waals surface area contributed by atoms with Crippen LogP contribution in [0.3, 0.4) is 0 Å². The van der Waals surface area contributed by atoms with Gasteiger partial charge in [0.25, 0.3) is 0 Å². The van der Waals surface area contributed by atoms with Crippen molar-refractivity contribution in [2.75, 3.05) is 7.11 Å². The molecule has 0 heterocycles. The Balaban J connectivity index is 2.11. The van der Waals surface area contributed by atoms with Crippen molar-refractivity contribution < 1.29 is 28.6 Å². The van der Waals surface area contributed by atoms with Crippen LogP contribution >= 0.6 is 0 Å². The smallest absolute Gasteiger partial charge is 0.330 e. The molecule has 0 N–H and O–H groups in total. The molecule has 0 aliphatic carbocycles. The van der Waals surface area contributed by atoms with Crippen LogP contribution in [-0.2, 0) is 19.1 Å². The molecular formula is C20H18O6. The number of esters is 3. The molecule has 0 radical (unpaired) electrons. The average Bonchev–Trinajstić information content (AvgIpc) is 2.66. The molecule has 0 spiro atoms. The zero-order valence-corrected chi connectivity index (χ0v) is 14.2. The molecule has 0 aromatic heterocycles. The van der Waals surface area contributed by atoms with Crippen molar-refractivity contribution in [3.8, 4) is 11.5 Å². The lowest BCUT2D eigenvalue weighted by molar-refractivity contribution is -0.151. The molecule has 0 saturated carbocycles. The number of rotatable bonds is 7. The van der Waals surface area contributed by atoms with Crippen LogP contribution in [0.15, 0.2) is 72.8 Å². The van der Waals surface area contributed by atoms with Crippen molar-refractivity contribution in [2.24, 2.45) is 5.92 Å². The van der Waals surface area contributed by atoms with Crippen molar-refractivity contribution in [2.45, 2.75) is 6.42 Å². The zero-order valence-electron chi connectivity index (χ0n) is 14.2. The van der Waals surface area contributed by atoms with Gasteiger partial charge in [0.15, 0.2) is 5.92 Å². The van der Waals surface area contributed by atoms with Gasteiger partial charge in [-0.05, 0) is 30.7 Å². The van der Waals surface area contributed by atoms with Gasteiger partial charge in [-0.25, -0.2) is 4.79 Å². The summed E-state index contributed by atoms with van der Waals surface area (Å²) in [7, 11) is 1.23. The number of hydrogen-bond acceptors (Lipinski definition) is 6. The molecule has 0 saturated heterocycles. The maximum Gasteiger partial charge on any atom is 0.330 e. The molecule has 26 heavy (non-hydrogen) atoms. The van der Waals surface area contributed by atoms with Gasteiger partial charge in [0.05, 0.1) is 7.11 Å². The molecule has 0 fully saturated rings. The Morgan fingerprint density at radius 2 is 1.31 bits per heavy atom. The van der Waals surface area contributed by atoms with E-state index in [0.29, 0.717) is 11.5 Å². The lowest BCUT2D eigenvalue weighted by Crippen LogP contribution is -2.31. The van der Waals surface area contributed by atoms with Gasteiger partial charge in [-0.2, -0.15) is 0 Å². The van der Waals surface area contributed by atoms with E-state index in [1.807, 2.05) is 0 Å². The second-order valence-corrected chi connectivity index (χ2v) is 5.18. The monoisotopic (exact) mass is 354 g/mol. The van der Waals surface area contributed by atoms with Gasteiger partial charge in [0, 0.05) is 6.08 Å². The molecule has 2 aromatic carbocycles. The minimum absolute atomic E-state index is 0.0631. The Morgan fingerprint density at radius 1 is 0.846 bits per heavy atom. The summed E-state index contributed by atoms with van der Waals surface area (Å²) in [5.41, 5.74) is 0. The predicted molar refractivity (Wildman–Crippen MR) is 93.4 cm³/mol. The highest BCUT2D eigenvalue weighted by Crippen LogP contribution is 2.17. The van der Waals surface area contributed by atoms with E-state index >= 15 is 0 Å². The highest BCUT2D eigenvalue weighted by molar-refractivity contribution is 5.97. The van der Waals surface area contributed by atoms with Crippen molar-refractivity contribution in [1.82, 2.24) is 0 Å². The molecule has 2 rings (SSSR count). The largest absolute Gasteiger partial charge is 0.466 e. The van der Waals surface area contributed by atoms with E-state index in [1.54, 1.807) is 60.7 Å². The van der Waals surface area contributed by atoms with Crippen LogP contribution < -0.4 is 9.47 Å². The molecule has 0 atom stereocenters. The van der Waals surface area contributed by atoms with Crippen LogP contribution in [0.2, 0.25) is 0 Å². The molecule has 0 bridgehead atoms. The fourth-order valence-corrected chi connectivity index (χ4v) is 2.01. The van der Waals surface area contributed by atoms with E-state index in [-0.39, 0.29) is 6.42 Å². The topological polar surface area (TPSA) is 78.9 Å². The normalized spacial score (nSPS) is 10.5. The highest BCUT2D eigenvalue weighted by atomic mass is 16.6. The number of benzene rings is 2. The summed E-state index contributed by atoms with van der Waals surface area (Å²) in [5.74, 6) is -2.73. The Hall–Kier alpha value is -3.41. The first-order valence-electron chi connectivity index (χ1n) is 7.88. The van der Waals surface area contributed by atoms with Gasteiger partial charge >= 0.3 is 17.9 Å². The summed E-state index contributed by atoms with van der Waals surface area (Å²) in [6, 6.07) is 16.8. The maximum absolute atomic E-state index is 12.4. The van der Waals surface area contributed by atoms with Crippen molar-refractivity contribution in [3.63, 3.8) is 0 Å². The fourth-order valence-electron chi connectivity index (χ4n) is 2.01. The molecule has 6 heteroatoms. The first-order chi connectivity index (χ1) is 12.6. The average molecular weight is 354 g/mol. The van der Waals surface area contributed by atoms with Crippen molar-refractivity contribution in [3.05, 3.63) is 72.8 Å². The van der Waals surface area contributed by atoms with Crippen molar-refractivity contribution in [1.29, 1.82) is 0 Å². The summed E-state index contributed by atoms with van der Waals surface area (Å²) in [6.45, 7) is 0. The molecule has 0 unspecified atom stereocenters. The third kappa shape index (κ3) is 5.90. The highest BCUT2D eigenvalue weighted by Gasteiger charge is 2.30. The summed E-state index contributed by atoms with van der Waals surface area (Å²) >= 11 is 0. The Morgan fingerprint density at radius 3 is 1.73 bits per heavy atom. The summed E-state index contributed by atoms with van der Waals surface area (Å²) in [4.78, 5) is 36.0. The second-order valence-electron chi connectivity index (χ2n) is 5.18. The van der Waals surface area contributed by atoms with E-state index in [2.05, 4.69) is 4.74 Å². The van der Waals surface area contributed by atoms with E-state index in [1.165, 1.54) is 13.2 Å². The first kappa shape index (κ1) is 18.9. The van der Waals surface area contributed by atoms with Crippen LogP contribution in [-0.4, -0.2) is 25.0 Å². The van der Waals surface area contributed by atoms with E-state index in [9.17, 15) is 14.4 Å². The van der Waals surface area contributed by atoms with E-state index < -0.39 is 23.8 Å². The Bertz CT molecular complexity index is 714. The molecule has 0 aliphatic heterocycles. The Kier molecular flexibility index (Phi) is 7.12. The number of para-hydroxylation sites is 2. The minimum Gasteiger partial charge on any atom is -0.466 e. The molecule has 0 aliphatic rings. The standard InChI is InChI=1S/C20H18O6/c1-24-18(21)14-8-13-17(19(22)25-15-9-4-2-5-10-15)20(23)26-16-11-6-3-7-12-16/h2-12,14,17H,13H2,1H3/b14-8+. The number of allylic oxidation sites excluding steroid dienone is 1. The first-order valence-corrected chi connectivity index (χ1v) is 7.88. The molecule has 0 amide bonds. The van der Waals surface area contributed by atoms with Crippen LogP contribution in [0.5, 0.6) is 11.5 Å². The lowest BCUT2D eigenvalue weighted by atomic mass is 10.1. The van der Waals surface area contributed by atoms with E-state index in [4.69, 9.17) is 9.47 Å². The number of hydrogen-bond donors (Lipinski definition) is 0. The van der Waals surface area contributed by atoms with Gasteiger partial charge in [-0.15, -0.1) is 0 Å². The minimum atomic E-state index is -1.23. The van der Waals surface area contributed by atoms with Gasteiger partial charge in [-0.3, -0.25) is 9.59 Å². The van der Waals surface area contributed by atoms with Crippen LogP contribution in [0, 0.1) is 5.92 Å². The van der Waals surface area contributed by atoms with Gasteiger partial charge in [-0.1, -0.05) is 42.5 Å². The van der Waals surface area contributed by atoms with Crippen LogP contribution in [0.1, 0.15) is 6.42 Å². The lowest BCUT2D eigenvalue weighted by Gasteiger charge is -2.13.